The van der Waals surface area contributed by atoms with Gasteiger partial charge in [-0.3, -0.25) is 4.79 Å². The lowest BCUT2D eigenvalue weighted by Crippen LogP contribution is -2.46. The molecule has 5 nitrogen and oxygen atoms in total. The number of benzene rings is 1. The molecular formula is C15H22N2O3. The molecule has 2 N–H and O–H groups in total. The Kier molecular flexibility index (Phi) is 4.84. The summed E-state index contributed by atoms with van der Waals surface area (Å²) in [6.07, 6.45) is 3.28. The molecular weight excluding hydrogens is 256 g/mol. The third-order valence-electron chi connectivity index (χ3n) is 3.78. The van der Waals surface area contributed by atoms with Crippen LogP contribution in [0.4, 0.5) is 0 Å². The molecule has 1 aromatic rings. The van der Waals surface area contributed by atoms with Gasteiger partial charge in [-0.2, -0.15) is 0 Å². The first-order valence-electron chi connectivity index (χ1n) is 6.95. The molecule has 0 aliphatic heterocycles. The molecule has 1 aliphatic rings. The van der Waals surface area contributed by atoms with Gasteiger partial charge in [0, 0.05) is 19.1 Å². The van der Waals surface area contributed by atoms with Crippen molar-refractivity contribution in [3.05, 3.63) is 23.8 Å². The van der Waals surface area contributed by atoms with Crippen molar-refractivity contribution in [2.24, 2.45) is 5.73 Å². The van der Waals surface area contributed by atoms with Gasteiger partial charge in [-0.15, -0.1) is 0 Å². The Morgan fingerprint density at radius 1 is 1.35 bits per heavy atom. The maximum Gasteiger partial charge on any atom is 0.258 e. The maximum absolute atomic E-state index is 12.8. The maximum atomic E-state index is 12.8. The Bertz CT molecular complexity index is 472. The first-order chi connectivity index (χ1) is 9.72. The van der Waals surface area contributed by atoms with Crippen LogP contribution >= 0.6 is 0 Å². The lowest BCUT2D eigenvalue weighted by Gasteiger charge is -2.37. The van der Waals surface area contributed by atoms with Gasteiger partial charge in [-0.1, -0.05) is 6.07 Å². The zero-order valence-electron chi connectivity index (χ0n) is 12.1. The van der Waals surface area contributed by atoms with E-state index in [9.17, 15) is 4.79 Å². The Balaban J connectivity index is 2.30. The van der Waals surface area contributed by atoms with Crippen LogP contribution in [0.3, 0.4) is 0 Å². The van der Waals surface area contributed by atoms with Crippen LogP contribution in [0.15, 0.2) is 18.2 Å². The third kappa shape index (κ3) is 2.72. The van der Waals surface area contributed by atoms with Gasteiger partial charge in [-0.05, 0) is 31.4 Å². The van der Waals surface area contributed by atoms with Crippen molar-refractivity contribution in [2.75, 3.05) is 27.3 Å². The molecule has 1 aromatic carbocycles. The fourth-order valence-corrected chi connectivity index (χ4v) is 2.50. The smallest absolute Gasteiger partial charge is 0.258 e. The van der Waals surface area contributed by atoms with Crippen LogP contribution in [0.5, 0.6) is 11.5 Å². The molecule has 1 fully saturated rings. The van der Waals surface area contributed by atoms with E-state index in [0.717, 1.165) is 12.8 Å². The number of carbonyl (C=O) groups excluding carboxylic acids is 1. The predicted molar refractivity (Wildman–Crippen MR) is 77.3 cm³/mol. The SMILES string of the molecule is COc1cccc(C(=O)N(CCN)C2CCC2)c1OC. The Hall–Kier alpha value is -1.75. The number of carbonyl (C=O) groups is 1. The highest BCUT2D eigenvalue weighted by molar-refractivity contribution is 5.98. The number of nitrogens with two attached hydrogens (primary N) is 1. The molecule has 0 spiro atoms. The van der Waals surface area contributed by atoms with Crippen LogP contribution in [0.25, 0.3) is 0 Å². The van der Waals surface area contributed by atoms with Crippen molar-refractivity contribution in [1.82, 2.24) is 4.90 Å². The number of hydrogen-bond donors (Lipinski definition) is 1. The third-order valence-corrected chi connectivity index (χ3v) is 3.78. The summed E-state index contributed by atoms with van der Waals surface area (Å²) in [6, 6.07) is 5.66. The molecule has 0 unspecified atom stereocenters. The quantitative estimate of drug-likeness (QED) is 0.859. The van der Waals surface area contributed by atoms with E-state index in [0.29, 0.717) is 36.2 Å². The molecule has 0 aromatic heterocycles. The number of rotatable bonds is 6. The normalized spacial score (nSPS) is 14.6. The monoisotopic (exact) mass is 278 g/mol. The van der Waals surface area contributed by atoms with E-state index in [1.807, 2.05) is 4.90 Å². The predicted octanol–water partition coefficient (Wildman–Crippen LogP) is 1.66. The van der Waals surface area contributed by atoms with Gasteiger partial charge in [-0.25, -0.2) is 0 Å². The lowest BCUT2D eigenvalue weighted by atomic mass is 9.91. The van der Waals surface area contributed by atoms with Crippen molar-refractivity contribution >= 4 is 5.91 Å². The summed E-state index contributed by atoms with van der Waals surface area (Å²) in [4.78, 5) is 14.6. The molecule has 1 amide bonds. The van der Waals surface area contributed by atoms with Gasteiger partial charge in [0.25, 0.3) is 5.91 Å². The number of hydrogen-bond acceptors (Lipinski definition) is 4. The summed E-state index contributed by atoms with van der Waals surface area (Å²) >= 11 is 0. The fourth-order valence-electron chi connectivity index (χ4n) is 2.50. The molecule has 0 bridgehead atoms. The largest absolute Gasteiger partial charge is 0.493 e. The number of amides is 1. The van der Waals surface area contributed by atoms with E-state index in [4.69, 9.17) is 15.2 Å². The van der Waals surface area contributed by atoms with Crippen molar-refractivity contribution < 1.29 is 14.3 Å². The fraction of sp³-hybridized carbons (Fsp3) is 0.533. The van der Waals surface area contributed by atoms with Crippen molar-refractivity contribution in [2.45, 2.75) is 25.3 Å². The summed E-state index contributed by atoms with van der Waals surface area (Å²) in [5.41, 5.74) is 6.17. The summed E-state index contributed by atoms with van der Waals surface area (Å²) < 4.78 is 10.6. The molecule has 0 heterocycles. The summed E-state index contributed by atoms with van der Waals surface area (Å²) in [5, 5.41) is 0. The summed E-state index contributed by atoms with van der Waals surface area (Å²) in [7, 11) is 3.11. The molecule has 0 atom stereocenters. The van der Waals surface area contributed by atoms with Crippen LogP contribution in [-0.2, 0) is 0 Å². The average molecular weight is 278 g/mol. The van der Waals surface area contributed by atoms with E-state index < -0.39 is 0 Å². The van der Waals surface area contributed by atoms with Crippen molar-refractivity contribution in [3.8, 4) is 11.5 Å². The minimum absolute atomic E-state index is 0.0316. The molecule has 110 valence electrons. The van der Waals surface area contributed by atoms with Crippen LogP contribution in [0.2, 0.25) is 0 Å². The van der Waals surface area contributed by atoms with Crippen LogP contribution < -0.4 is 15.2 Å². The van der Waals surface area contributed by atoms with E-state index in [1.54, 1.807) is 32.4 Å². The van der Waals surface area contributed by atoms with Gasteiger partial charge in [0.2, 0.25) is 0 Å². The highest BCUT2D eigenvalue weighted by atomic mass is 16.5. The van der Waals surface area contributed by atoms with Crippen LogP contribution in [0, 0.1) is 0 Å². The first kappa shape index (κ1) is 14.7. The topological polar surface area (TPSA) is 64.8 Å². The molecule has 20 heavy (non-hydrogen) atoms. The number of ether oxygens (including phenoxy) is 2. The highest BCUT2D eigenvalue weighted by Crippen LogP contribution is 2.33. The molecule has 1 aliphatic carbocycles. The minimum Gasteiger partial charge on any atom is -0.493 e. The number of para-hydroxylation sites is 1. The second kappa shape index (κ2) is 6.61. The van der Waals surface area contributed by atoms with Gasteiger partial charge >= 0.3 is 0 Å². The second-order valence-electron chi connectivity index (χ2n) is 4.91. The lowest BCUT2D eigenvalue weighted by molar-refractivity contribution is 0.0585. The van der Waals surface area contributed by atoms with Gasteiger partial charge < -0.3 is 20.1 Å². The van der Waals surface area contributed by atoms with Crippen LogP contribution in [-0.4, -0.2) is 44.2 Å². The van der Waals surface area contributed by atoms with E-state index in [1.165, 1.54) is 6.42 Å². The second-order valence-corrected chi connectivity index (χ2v) is 4.91. The van der Waals surface area contributed by atoms with E-state index >= 15 is 0 Å². The standard InChI is InChI=1S/C15H22N2O3/c1-19-13-8-4-7-12(14(13)20-2)15(18)17(10-9-16)11-5-3-6-11/h4,7-8,11H,3,5-6,9-10,16H2,1-2H3. The van der Waals surface area contributed by atoms with E-state index in [2.05, 4.69) is 0 Å². The summed E-state index contributed by atoms with van der Waals surface area (Å²) in [6.45, 7) is 1.04. The minimum atomic E-state index is -0.0316. The summed E-state index contributed by atoms with van der Waals surface area (Å²) in [5.74, 6) is 1.02. The van der Waals surface area contributed by atoms with Gasteiger partial charge in [0.05, 0.1) is 19.8 Å². The Morgan fingerprint density at radius 2 is 2.10 bits per heavy atom. The average Bonchev–Trinajstić information content (AvgIpc) is 2.43. The number of nitrogens with zero attached hydrogens (tertiary/aromatic N) is 1. The molecule has 0 radical (unpaired) electrons. The van der Waals surface area contributed by atoms with Crippen LogP contribution in [0.1, 0.15) is 29.6 Å². The zero-order valence-corrected chi connectivity index (χ0v) is 12.1. The Labute approximate surface area is 119 Å². The first-order valence-corrected chi connectivity index (χ1v) is 6.95. The highest BCUT2D eigenvalue weighted by Gasteiger charge is 2.30. The molecule has 0 saturated heterocycles. The Morgan fingerprint density at radius 3 is 2.60 bits per heavy atom. The van der Waals surface area contributed by atoms with Gasteiger partial charge in [0.1, 0.15) is 0 Å². The zero-order chi connectivity index (χ0) is 14.5. The van der Waals surface area contributed by atoms with Crippen molar-refractivity contribution in [3.63, 3.8) is 0 Å². The van der Waals surface area contributed by atoms with E-state index in [-0.39, 0.29) is 5.91 Å². The number of methoxy groups -OCH3 is 2. The molecule has 1 saturated carbocycles. The van der Waals surface area contributed by atoms with Gasteiger partial charge in [0.15, 0.2) is 11.5 Å². The molecule has 2 rings (SSSR count). The van der Waals surface area contributed by atoms with Crippen molar-refractivity contribution in [1.29, 1.82) is 0 Å². The molecule has 5 heteroatoms.